The van der Waals surface area contributed by atoms with Gasteiger partial charge in [-0.25, -0.2) is 0 Å². The van der Waals surface area contributed by atoms with Crippen molar-refractivity contribution in [3.05, 3.63) is 0 Å². The Kier molecular flexibility index (Phi) is 7.98. The molecule has 0 saturated carbocycles. The van der Waals surface area contributed by atoms with Gasteiger partial charge >= 0.3 is 51.4 Å². The number of thiocarbonyl (C=S) groups is 1. The molecule has 0 aliphatic carbocycles. The first-order chi connectivity index (χ1) is 4.30. The van der Waals surface area contributed by atoms with Crippen LogP contribution in [0.5, 0.6) is 0 Å². The Morgan fingerprint density at radius 2 is 1.90 bits per heavy atom. The standard InChI is InChI=1S/C5H9NS3.K/c7-5(8)6-1-3-9-4-2-6;/h1-4H2,(H,7,8);/q;+1/p-1. The molecule has 0 unspecified atom stereocenters. The predicted molar refractivity (Wildman–Crippen MR) is 48.9 cm³/mol. The molecule has 1 rings (SSSR count). The first-order valence-electron chi connectivity index (χ1n) is 2.84. The summed E-state index contributed by atoms with van der Waals surface area (Å²) in [4.78, 5) is 2.08. The van der Waals surface area contributed by atoms with Gasteiger partial charge in [0.15, 0.2) is 0 Å². The summed E-state index contributed by atoms with van der Waals surface area (Å²) in [6.45, 7) is 2.10. The van der Waals surface area contributed by atoms with Crippen LogP contribution in [0.1, 0.15) is 0 Å². The van der Waals surface area contributed by atoms with Crippen LogP contribution < -0.4 is 51.4 Å². The van der Waals surface area contributed by atoms with Gasteiger partial charge in [-0.1, -0.05) is 4.32 Å². The fourth-order valence-electron chi connectivity index (χ4n) is 0.746. The quantitative estimate of drug-likeness (QED) is 0.259. The van der Waals surface area contributed by atoms with Crippen LogP contribution in [0.15, 0.2) is 0 Å². The SMILES string of the molecule is S=C([S-])N1CCSCC1.[K+]. The van der Waals surface area contributed by atoms with Crippen molar-refractivity contribution >= 4 is 40.9 Å². The normalized spacial score (nSPS) is 17.8. The summed E-state index contributed by atoms with van der Waals surface area (Å²) < 4.78 is 0.635. The third-order valence-corrected chi connectivity index (χ3v) is 2.73. The van der Waals surface area contributed by atoms with Crippen LogP contribution in [0.4, 0.5) is 0 Å². The zero-order valence-electron chi connectivity index (χ0n) is 6.00. The monoisotopic (exact) mass is 217 g/mol. The molecule has 1 fully saturated rings. The van der Waals surface area contributed by atoms with Crippen molar-refractivity contribution < 1.29 is 51.4 Å². The van der Waals surface area contributed by atoms with E-state index in [0.717, 1.165) is 13.1 Å². The van der Waals surface area contributed by atoms with E-state index in [0.29, 0.717) is 4.32 Å². The van der Waals surface area contributed by atoms with Crippen molar-refractivity contribution in [3.8, 4) is 0 Å². The van der Waals surface area contributed by atoms with E-state index >= 15 is 0 Å². The molecule has 0 amide bonds. The Hall–Kier alpha value is 2.10. The Balaban J connectivity index is 0.000000810. The summed E-state index contributed by atoms with van der Waals surface area (Å²) in [6.07, 6.45) is 0. The van der Waals surface area contributed by atoms with Crippen molar-refractivity contribution in [1.82, 2.24) is 4.90 Å². The fourth-order valence-corrected chi connectivity index (χ4v) is 2.01. The largest absolute Gasteiger partial charge is 1.00 e. The molecule has 0 atom stereocenters. The minimum Gasteiger partial charge on any atom is -0.411 e. The Morgan fingerprint density at radius 1 is 1.40 bits per heavy atom. The van der Waals surface area contributed by atoms with E-state index in [-0.39, 0.29) is 51.4 Å². The molecule has 0 aromatic heterocycles. The van der Waals surface area contributed by atoms with Gasteiger partial charge in [-0.2, -0.15) is 11.8 Å². The second-order valence-electron chi connectivity index (χ2n) is 1.87. The molecular formula is C5H8KNS3. The van der Waals surface area contributed by atoms with Gasteiger partial charge in [0.1, 0.15) is 0 Å². The summed E-state index contributed by atoms with van der Waals surface area (Å²) >= 11 is 11.7. The van der Waals surface area contributed by atoms with Crippen LogP contribution in [0.25, 0.3) is 0 Å². The van der Waals surface area contributed by atoms with Crippen LogP contribution in [0, 0.1) is 0 Å². The van der Waals surface area contributed by atoms with Crippen molar-refractivity contribution in [3.63, 3.8) is 0 Å². The molecule has 0 radical (unpaired) electrons. The first-order valence-corrected chi connectivity index (χ1v) is 4.81. The molecule has 0 aromatic rings. The van der Waals surface area contributed by atoms with Crippen LogP contribution in [-0.2, 0) is 12.6 Å². The second-order valence-corrected chi connectivity index (χ2v) is 4.12. The van der Waals surface area contributed by atoms with Crippen molar-refractivity contribution in [2.75, 3.05) is 24.6 Å². The topological polar surface area (TPSA) is 3.24 Å². The van der Waals surface area contributed by atoms with Gasteiger partial charge < -0.3 is 29.7 Å². The molecule has 0 bridgehead atoms. The molecular weight excluding hydrogens is 209 g/mol. The van der Waals surface area contributed by atoms with E-state index < -0.39 is 0 Å². The zero-order chi connectivity index (χ0) is 6.69. The fraction of sp³-hybridized carbons (Fsp3) is 0.800. The number of hydrogen-bond acceptors (Lipinski definition) is 3. The number of hydrogen-bond donors (Lipinski definition) is 0. The average molecular weight is 217 g/mol. The Morgan fingerprint density at radius 3 is 2.20 bits per heavy atom. The molecule has 1 nitrogen and oxygen atoms in total. The second kappa shape index (κ2) is 6.59. The Bertz CT molecular complexity index is 113. The molecule has 1 aliphatic heterocycles. The predicted octanol–water partition coefficient (Wildman–Crippen LogP) is -2.13. The minimum absolute atomic E-state index is 0. The summed E-state index contributed by atoms with van der Waals surface area (Å²) in [6, 6.07) is 0. The van der Waals surface area contributed by atoms with Crippen molar-refractivity contribution in [2.45, 2.75) is 0 Å². The van der Waals surface area contributed by atoms with E-state index in [1.54, 1.807) is 0 Å². The van der Waals surface area contributed by atoms with Crippen LogP contribution >= 0.6 is 24.0 Å². The molecule has 5 heteroatoms. The van der Waals surface area contributed by atoms with Gasteiger partial charge in [0.25, 0.3) is 0 Å². The molecule has 52 valence electrons. The molecule has 0 aromatic carbocycles. The van der Waals surface area contributed by atoms with Gasteiger partial charge in [0.05, 0.1) is 0 Å². The molecule has 1 aliphatic rings. The number of rotatable bonds is 0. The van der Waals surface area contributed by atoms with Gasteiger partial charge in [-0.05, 0) is 0 Å². The number of nitrogens with zero attached hydrogens (tertiary/aromatic N) is 1. The first kappa shape index (κ1) is 12.1. The van der Waals surface area contributed by atoms with Crippen molar-refractivity contribution in [1.29, 1.82) is 0 Å². The van der Waals surface area contributed by atoms with E-state index in [1.165, 1.54) is 11.5 Å². The maximum Gasteiger partial charge on any atom is 1.00 e. The van der Waals surface area contributed by atoms with Gasteiger partial charge in [-0.3, -0.25) is 0 Å². The molecule has 10 heavy (non-hydrogen) atoms. The smallest absolute Gasteiger partial charge is 0.411 e. The van der Waals surface area contributed by atoms with E-state index in [2.05, 4.69) is 4.90 Å². The summed E-state index contributed by atoms with van der Waals surface area (Å²) in [5.74, 6) is 2.35. The van der Waals surface area contributed by atoms with E-state index in [4.69, 9.17) is 24.8 Å². The zero-order valence-corrected chi connectivity index (χ0v) is 11.6. The Labute approximate surface area is 120 Å². The molecule has 0 spiro atoms. The van der Waals surface area contributed by atoms with Gasteiger partial charge in [-0.15, -0.1) is 0 Å². The summed E-state index contributed by atoms with van der Waals surface area (Å²) in [5.41, 5.74) is 0. The van der Waals surface area contributed by atoms with Crippen LogP contribution in [0.3, 0.4) is 0 Å². The van der Waals surface area contributed by atoms with Gasteiger partial charge in [0.2, 0.25) is 0 Å². The third kappa shape index (κ3) is 4.20. The van der Waals surface area contributed by atoms with Gasteiger partial charge in [0, 0.05) is 24.6 Å². The minimum atomic E-state index is 0. The third-order valence-electron chi connectivity index (χ3n) is 1.27. The maximum absolute atomic E-state index is 4.85. The average Bonchev–Trinajstić information content (AvgIpc) is 1.90. The number of thioether (sulfide) groups is 1. The maximum atomic E-state index is 4.85. The molecule has 1 saturated heterocycles. The van der Waals surface area contributed by atoms with E-state index in [1.807, 2.05) is 11.8 Å². The summed E-state index contributed by atoms with van der Waals surface area (Å²) in [5, 5.41) is 0. The van der Waals surface area contributed by atoms with Crippen LogP contribution in [0.2, 0.25) is 0 Å². The molecule has 1 heterocycles. The van der Waals surface area contributed by atoms with Crippen LogP contribution in [-0.4, -0.2) is 33.8 Å². The van der Waals surface area contributed by atoms with E-state index in [9.17, 15) is 0 Å². The molecule has 0 N–H and O–H groups in total. The summed E-state index contributed by atoms with van der Waals surface area (Å²) in [7, 11) is 0. The van der Waals surface area contributed by atoms with Crippen molar-refractivity contribution in [2.24, 2.45) is 0 Å².